The van der Waals surface area contributed by atoms with Crippen molar-refractivity contribution in [1.29, 1.82) is 0 Å². The van der Waals surface area contributed by atoms with Crippen LogP contribution in [-0.2, 0) is 21.4 Å². The number of hydrogen-bond acceptors (Lipinski definition) is 6. The van der Waals surface area contributed by atoms with Crippen LogP contribution in [0.15, 0.2) is 42.6 Å². The van der Waals surface area contributed by atoms with Crippen molar-refractivity contribution in [2.45, 2.75) is 57.0 Å². The molecule has 0 spiro atoms. The molecule has 4 rings (SSSR count). The molecule has 2 amide bonds. The zero-order valence-electron chi connectivity index (χ0n) is 17.6. The fourth-order valence-electron chi connectivity index (χ4n) is 3.76. The van der Waals surface area contributed by atoms with Gasteiger partial charge in [-0.3, -0.25) is 0 Å². The summed E-state index contributed by atoms with van der Waals surface area (Å²) in [6, 6.07) is 11.2. The molecule has 160 valence electrons. The molecule has 2 aliphatic heterocycles. The van der Waals surface area contributed by atoms with Crippen molar-refractivity contribution in [3.63, 3.8) is 0 Å². The maximum atomic E-state index is 12.3. The topological polar surface area (TPSA) is 97.4 Å². The summed E-state index contributed by atoms with van der Waals surface area (Å²) in [5, 5.41) is 9.20. The average molecular weight is 412 g/mol. The van der Waals surface area contributed by atoms with E-state index in [1.54, 1.807) is 6.20 Å². The summed E-state index contributed by atoms with van der Waals surface area (Å²) < 4.78 is 11.9. The van der Waals surface area contributed by atoms with Crippen molar-refractivity contribution in [3.8, 4) is 0 Å². The highest BCUT2D eigenvalue weighted by Gasteiger charge is 2.48. The lowest BCUT2D eigenvalue weighted by molar-refractivity contribution is 0.0682. The van der Waals surface area contributed by atoms with Gasteiger partial charge in [0.1, 0.15) is 12.2 Å². The van der Waals surface area contributed by atoms with E-state index in [1.165, 1.54) is 0 Å². The van der Waals surface area contributed by atoms with Gasteiger partial charge in [0.25, 0.3) is 0 Å². The number of carbonyl (C=O) groups excluding carboxylic acids is 1. The van der Waals surface area contributed by atoms with Gasteiger partial charge in [0.2, 0.25) is 5.95 Å². The van der Waals surface area contributed by atoms with Gasteiger partial charge >= 0.3 is 6.03 Å². The van der Waals surface area contributed by atoms with Crippen LogP contribution in [0.3, 0.4) is 0 Å². The Hall–Kier alpha value is -2.71. The zero-order chi connectivity index (χ0) is 21.1. The van der Waals surface area contributed by atoms with Crippen molar-refractivity contribution in [2.75, 3.05) is 18.5 Å². The van der Waals surface area contributed by atoms with Crippen molar-refractivity contribution in [3.05, 3.63) is 53.9 Å². The number of benzene rings is 1. The molecule has 0 radical (unpaired) electrons. The Morgan fingerprint density at radius 1 is 1.07 bits per heavy atom. The number of nitrogens with one attached hydrogen (secondary N) is 3. The number of urea groups is 1. The Morgan fingerprint density at radius 3 is 2.50 bits per heavy atom. The summed E-state index contributed by atoms with van der Waals surface area (Å²) in [5.74, 6) is 0.567. The minimum absolute atomic E-state index is 0.0555. The molecule has 0 aliphatic carbocycles. The summed E-state index contributed by atoms with van der Waals surface area (Å²) >= 11 is 0. The van der Waals surface area contributed by atoms with Crippen LogP contribution in [0.5, 0.6) is 0 Å². The van der Waals surface area contributed by atoms with Gasteiger partial charge in [-0.15, -0.1) is 0 Å². The van der Waals surface area contributed by atoms with E-state index in [0.29, 0.717) is 25.7 Å². The molecule has 0 bridgehead atoms. The third kappa shape index (κ3) is 4.71. The van der Waals surface area contributed by atoms with E-state index in [2.05, 4.69) is 46.7 Å². The highest BCUT2D eigenvalue weighted by Crippen LogP contribution is 2.29. The minimum Gasteiger partial charge on any atom is -0.371 e. The van der Waals surface area contributed by atoms with Crippen LogP contribution in [0.1, 0.15) is 32.0 Å². The summed E-state index contributed by atoms with van der Waals surface area (Å²) in [7, 11) is 0. The third-order valence-corrected chi connectivity index (χ3v) is 5.40. The molecule has 2 fully saturated rings. The van der Waals surface area contributed by atoms with Crippen LogP contribution in [0.4, 0.5) is 10.7 Å². The number of aromatic nitrogens is 2. The number of hydrogen-bond donors (Lipinski definition) is 3. The molecular formula is C22H29N5O3. The summed E-state index contributed by atoms with van der Waals surface area (Å²) in [6.45, 7) is 7.71. The van der Waals surface area contributed by atoms with E-state index in [1.807, 2.05) is 36.4 Å². The molecule has 3 heterocycles. The number of nitrogens with zero attached hydrogens (tertiary/aromatic N) is 2. The standard InChI is InChI=1S/C22H29N5O3/c1-22(2,3)17-9-10-23-20(27-17)25-15-12-29-19-16(13-30-18(15)19)26-21(28)24-11-14-7-5-4-6-8-14/h4-10,15-16,18-19H,11-13H2,1-3H3,(H,23,25,27)(H2,24,26,28). The Morgan fingerprint density at radius 2 is 1.77 bits per heavy atom. The maximum absolute atomic E-state index is 12.3. The second kappa shape index (κ2) is 8.57. The molecule has 8 nitrogen and oxygen atoms in total. The van der Waals surface area contributed by atoms with Crippen molar-refractivity contribution in [1.82, 2.24) is 20.6 Å². The van der Waals surface area contributed by atoms with Crippen LogP contribution in [-0.4, -0.2) is 53.5 Å². The first-order valence-electron chi connectivity index (χ1n) is 10.3. The zero-order valence-corrected chi connectivity index (χ0v) is 17.6. The number of rotatable bonds is 5. The maximum Gasteiger partial charge on any atom is 0.315 e. The second-order valence-corrected chi connectivity index (χ2v) is 8.78. The van der Waals surface area contributed by atoms with Crippen molar-refractivity contribution < 1.29 is 14.3 Å². The van der Waals surface area contributed by atoms with Crippen molar-refractivity contribution >= 4 is 12.0 Å². The second-order valence-electron chi connectivity index (χ2n) is 8.78. The van der Waals surface area contributed by atoms with Gasteiger partial charge in [-0.2, -0.15) is 0 Å². The highest BCUT2D eigenvalue weighted by atomic mass is 16.6. The Balaban J connectivity index is 1.31. The van der Waals surface area contributed by atoms with Gasteiger partial charge < -0.3 is 25.4 Å². The lowest BCUT2D eigenvalue weighted by Crippen LogP contribution is -2.48. The molecule has 30 heavy (non-hydrogen) atoms. The van der Waals surface area contributed by atoms with Crippen LogP contribution in [0, 0.1) is 0 Å². The average Bonchev–Trinajstić information content (AvgIpc) is 3.30. The van der Waals surface area contributed by atoms with E-state index >= 15 is 0 Å². The number of carbonyl (C=O) groups is 1. The smallest absolute Gasteiger partial charge is 0.315 e. The lowest BCUT2D eigenvalue weighted by Gasteiger charge is -2.21. The van der Waals surface area contributed by atoms with Crippen LogP contribution < -0.4 is 16.0 Å². The van der Waals surface area contributed by atoms with E-state index in [0.717, 1.165) is 11.3 Å². The van der Waals surface area contributed by atoms with Gasteiger partial charge in [0, 0.05) is 18.2 Å². The molecule has 0 saturated carbocycles. The monoisotopic (exact) mass is 411 g/mol. The van der Waals surface area contributed by atoms with Crippen molar-refractivity contribution in [2.24, 2.45) is 0 Å². The third-order valence-electron chi connectivity index (χ3n) is 5.40. The molecule has 2 saturated heterocycles. The molecule has 1 aromatic carbocycles. The number of amides is 2. The number of ether oxygens (including phenoxy) is 2. The van der Waals surface area contributed by atoms with Gasteiger partial charge in [-0.05, 0) is 11.6 Å². The molecule has 4 unspecified atom stereocenters. The minimum atomic E-state index is -0.227. The Labute approximate surface area is 176 Å². The summed E-state index contributed by atoms with van der Waals surface area (Å²) in [5.41, 5.74) is 1.96. The lowest BCUT2D eigenvalue weighted by atomic mass is 9.92. The van der Waals surface area contributed by atoms with E-state index in [-0.39, 0.29) is 35.7 Å². The van der Waals surface area contributed by atoms with E-state index in [9.17, 15) is 4.79 Å². The molecular weight excluding hydrogens is 382 g/mol. The predicted molar refractivity (Wildman–Crippen MR) is 113 cm³/mol. The molecule has 2 aliphatic rings. The fraction of sp³-hybridized carbons (Fsp3) is 0.500. The summed E-state index contributed by atoms with van der Waals surface area (Å²) in [4.78, 5) is 21.3. The van der Waals surface area contributed by atoms with E-state index in [4.69, 9.17) is 9.47 Å². The van der Waals surface area contributed by atoms with E-state index < -0.39 is 0 Å². The normalized spacial score (nSPS) is 25.6. The Kier molecular flexibility index (Phi) is 5.87. The van der Waals surface area contributed by atoms with Crippen LogP contribution >= 0.6 is 0 Å². The quantitative estimate of drug-likeness (QED) is 0.698. The molecule has 1 aromatic heterocycles. The fourth-order valence-corrected chi connectivity index (χ4v) is 3.76. The van der Waals surface area contributed by atoms with Gasteiger partial charge in [0.15, 0.2) is 0 Å². The summed E-state index contributed by atoms with van der Waals surface area (Å²) in [6.07, 6.45) is 1.40. The SMILES string of the molecule is CC(C)(C)c1ccnc(NC2COC3C(NC(=O)NCc4ccccc4)COC23)n1. The first-order valence-corrected chi connectivity index (χ1v) is 10.3. The first-order chi connectivity index (χ1) is 14.4. The molecule has 3 N–H and O–H groups in total. The molecule has 8 heteroatoms. The first kappa shape index (κ1) is 20.6. The van der Waals surface area contributed by atoms with Gasteiger partial charge in [-0.1, -0.05) is 51.1 Å². The molecule has 4 atom stereocenters. The molecule has 2 aromatic rings. The van der Waals surface area contributed by atoms with Crippen LogP contribution in [0.25, 0.3) is 0 Å². The largest absolute Gasteiger partial charge is 0.371 e. The number of anilines is 1. The van der Waals surface area contributed by atoms with Crippen LogP contribution in [0.2, 0.25) is 0 Å². The van der Waals surface area contributed by atoms with Gasteiger partial charge in [-0.25, -0.2) is 14.8 Å². The predicted octanol–water partition coefficient (Wildman–Crippen LogP) is 2.22. The highest BCUT2D eigenvalue weighted by molar-refractivity contribution is 5.74. The Bertz CT molecular complexity index is 871. The number of fused-ring (bicyclic) bond motifs is 1. The van der Waals surface area contributed by atoms with Gasteiger partial charge in [0.05, 0.1) is 31.0 Å².